The Kier molecular flexibility index (Phi) is 10.1. The van der Waals surface area contributed by atoms with Gasteiger partial charge in [-0.25, -0.2) is 0 Å². The number of halogens is 1. The van der Waals surface area contributed by atoms with Gasteiger partial charge in [0.1, 0.15) is 0 Å². The van der Waals surface area contributed by atoms with Crippen LogP contribution in [-0.4, -0.2) is 61.6 Å². The Morgan fingerprint density at radius 1 is 1.23 bits per heavy atom. The van der Waals surface area contributed by atoms with E-state index in [4.69, 9.17) is 9.73 Å². The van der Waals surface area contributed by atoms with Gasteiger partial charge < -0.3 is 15.0 Å². The summed E-state index contributed by atoms with van der Waals surface area (Å²) < 4.78 is 5.98. The first kappa shape index (κ1) is 24.5. The molecule has 2 aliphatic rings. The van der Waals surface area contributed by atoms with E-state index in [9.17, 15) is 0 Å². The molecule has 0 bridgehead atoms. The van der Waals surface area contributed by atoms with Gasteiger partial charge in [0.25, 0.3) is 0 Å². The third kappa shape index (κ3) is 7.17. The van der Waals surface area contributed by atoms with Crippen molar-refractivity contribution in [3.8, 4) is 0 Å². The Morgan fingerprint density at radius 2 is 2.10 bits per heavy atom. The van der Waals surface area contributed by atoms with Crippen molar-refractivity contribution in [2.45, 2.75) is 32.9 Å². The van der Waals surface area contributed by atoms with E-state index in [0.717, 1.165) is 58.4 Å². The number of guanidine groups is 1. The first-order valence-electron chi connectivity index (χ1n) is 11.2. The molecule has 1 fully saturated rings. The number of fused-ring (bicyclic) bond motifs is 1. The molecular weight excluding hydrogens is 519 g/mol. The predicted molar refractivity (Wildman–Crippen MR) is 140 cm³/mol. The van der Waals surface area contributed by atoms with Gasteiger partial charge in [0.05, 0.1) is 19.8 Å². The van der Waals surface area contributed by atoms with Gasteiger partial charge in [-0.2, -0.15) is 0 Å². The number of hydrogen-bond acceptors (Lipinski definition) is 4. The average Bonchev–Trinajstić information content (AvgIpc) is 3.43. The van der Waals surface area contributed by atoms with Crippen molar-refractivity contribution in [3.05, 3.63) is 57.8 Å². The van der Waals surface area contributed by atoms with E-state index in [1.807, 2.05) is 17.4 Å². The largest absolute Gasteiger partial charge is 0.376 e. The Balaban J connectivity index is 0.00000272. The summed E-state index contributed by atoms with van der Waals surface area (Å²) in [5.74, 6) is 1.65. The SMILES string of the molecule is CCNC(=NCCN1CCc2sccc2C1)N1CCC(COCc2ccccc2)C1.I. The summed E-state index contributed by atoms with van der Waals surface area (Å²) in [4.78, 5) is 11.5. The zero-order valence-electron chi connectivity index (χ0n) is 18.5. The van der Waals surface area contributed by atoms with Crippen LogP contribution in [0.4, 0.5) is 0 Å². The van der Waals surface area contributed by atoms with Crippen LogP contribution >= 0.6 is 35.3 Å². The summed E-state index contributed by atoms with van der Waals surface area (Å²) in [7, 11) is 0. The van der Waals surface area contributed by atoms with E-state index in [1.165, 1.54) is 24.0 Å². The van der Waals surface area contributed by atoms with Gasteiger partial charge in [-0.3, -0.25) is 9.89 Å². The van der Waals surface area contributed by atoms with E-state index in [1.54, 1.807) is 4.88 Å². The van der Waals surface area contributed by atoms with Crippen LogP contribution in [0.3, 0.4) is 0 Å². The molecule has 0 saturated carbocycles. The molecule has 4 rings (SSSR count). The Labute approximate surface area is 207 Å². The van der Waals surface area contributed by atoms with Gasteiger partial charge in [0.15, 0.2) is 5.96 Å². The number of benzene rings is 1. The molecule has 1 aromatic carbocycles. The fraction of sp³-hybridized carbons (Fsp3) is 0.542. The minimum Gasteiger partial charge on any atom is -0.376 e. The molecule has 2 aromatic rings. The number of ether oxygens (including phenoxy) is 1. The summed E-state index contributed by atoms with van der Waals surface area (Å²) in [6.45, 7) is 10.8. The summed E-state index contributed by atoms with van der Waals surface area (Å²) in [5.41, 5.74) is 2.76. The van der Waals surface area contributed by atoms with Crippen LogP contribution in [0.1, 0.15) is 29.3 Å². The molecule has 1 atom stereocenters. The number of nitrogens with zero attached hydrogens (tertiary/aromatic N) is 3. The second kappa shape index (κ2) is 12.8. The summed E-state index contributed by atoms with van der Waals surface area (Å²) in [6, 6.07) is 12.7. The van der Waals surface area contributed by atoms with Crippen molar-refractivity contribution in [2.75, 3.05) is 45.9 Å². The zero-order valence-corrected chi connectivity index (χ0v) is 21.6. The zero-order chi connectivity index (χ0) is 20.6. The number of hydrogen-bond donors (Lipinski definition) is 1. The molecule has 1 saturated heterocycles. The third-order valence-electron chi connectivity index (χ3n) is 5.95. The fourth-order valence-electron chi connectivity index (χ4n) is 4.30. The maximum atomic E-state index is 5.98. The molecule has 1 aromatic heterocycles. The quantitative estimate of drug-likeness (QED) is 0.301. The Hall–Kier alpha value is -1.16. The lowest BCUT2D eigenvalue weighted by molar-refractivity contribution is 0.0906. The van der Waals surface area contributed by atoms with Crippen molar-refractivity contribution in [3.63, 3.8) is 0 Å². The van der Waals surface area contributed by atoms with Crippen molar-refractivity contribution in [1.82, 2.24) is 15.1 Å². The predicted octanol–water partition coefficient (Wildman–Crippen LogP) is 4.23. The van der Waals surface area contributed by atoms with Crippen molar-refractivity contribution >= 4 is 41.3 Å². The summed E-state index contributed by atoms with van der Waals surface area (Å²) in [5, 5.41) is 5.72. The van der Waals surface area contributed by atoms with Gasteiger partial charge in [-0.1, -0.05) is 30.3 Å². The van der Waals surface area contributed by atoms with Crippen LogP contribution in [0.5, 0.6) is 0 Å². The molecule has 5 nitrogen and oxygen atoms in total. The summed E-state index contributed by atoms with van der Waals surface area (Å²) in [6.07, 6.45) is 2.36. The number of thiophene rings is 1. The maximum Gasteiger partial charge on any atom is 0.193 e. The van der Waals surface area contributed by atoms with E-state index >= 15 is 0 Å². The minimum absolute atomic E-state index is 0. The molecule has 31 heavy (non-hydrogen) atoms. The molecule has 3 heterocycles. The van der Waals surface area contributed by atoms with Gasteiger partial charge in [0.2, 0.25) is 0 Å². The standard InChI is InChI=1S/C24H34N4OS.HI/c1-2-25-24(26-11-14-27-12-9-23-22(17-27)10-15-30-23)28-13-8-21(16-28)19-29-18-20-6-4-3-5-7-20;/h3-7,10,15,21H,2,8-9,11-14,16-19H2,1H3,(H,25,26);1H. The molecule has 1 N–H and O–H groups in total. The van der Waals surface area contributed by atoms with Crippen LogP contribution < -0.4 is 5.32 Å². The van der Waals surface area contributed by atoms with Crippen LogP contribution in [0.25, 0.3) is 0 Å². The maximum absolute atomic E-state index is 5.98. The second-order valence-corrected chi connectivity index (χ2v) is 9.23. The van der Waals surface area contributed by atoms with Gasteiger partial charge in [-0.05, 0) is 42.3 Å². The smallest absolute Gasteiger partial charge is 0.193 e. The number of nitrogens with one attached hydrogen (secondary N) is 1. The molecule has 0 radical (unpaired) electrons. The van der Waals surface area contributed by atoms with E-state index in [-0.39, 0.29) is 24.0 Å². The van der Waals surface area contributed by atoms with Gasteiger partial charge >= 0.3 is 0 Å². The van der Waals surface area contributed by atoms with Crippen molar-refractivity contribution < 1.29 is 4.74 Å². The Bertz CT molecular complexity index is 813. The summed E-state index contributed by atoms with van der Waals surface area (Å²) >= 11 is 1.90. The minimum atomic E-state index is 0. The van der Waals surface area contributed by atoms with Gasteiger partial charge in [-0.15, -0.1) is 35.3 Å². The molecule has 1 unspecified atom stereocenters. The molecular formula is C24H35IN4OS. The molecule has 170 valence electrons. The Morgan fingerprint density at radius 3 is 2.94 bits per heavy atom. The second-order valence-electron chi connectivity index (χ2n) is 8.23. The highest BCUT2D eigenvalue weighted by atomic mass is 127. The van der Waals surface area contributed by atoms with Crippen molar-refractivity contribution in [2.24, 2.45) is 10.9 Å². The average molecular weight is 555 g/mol. The monoisotopic (exact) mass is 554 g/mol. The lowest BCUT2D eigenvalue weighted by Gasteiger charge is -2.26. The third-order valence-corrected chi connectivity index (χ3v) is 6.97. The number of aliphatic imine (C=N–C) groups is 1. The topological polar surface area (TPSA) is 40.1 Å². The highest BCUT2D eigenvalue weighted by molar-refractivity contribution is 14.0. The molecule has 0 amide bonds. The van der Waals surface area contributed by atoms with E-state index in [0.29, 0.717) is 12.5 Å². The van der Waals surface area contributed by atoms with Gasteiger partial charge in [0, 0.05) is 50.1 Å². The molecule has 2 aliphatic heterocycles. The molecule has 0 aliphatic carbocycles. The lowest BCUT2D eigenvalue weighted by atomic mass is 10.1. The van der Waals surface area contributed by atoms with E-state index < -0.39 is 0 Å². The highest BCUT2D eigenvalue weighted by Gasteiger charge is 2.25. The van der Waals surface area contributed by atoms with E-state index in [2.05, 4.69) is 57.8 Å². The fourth-order valence-corrected chi connectivity index (χ4v) is 5.19. The van der Waals surface area contributed by atoms with Crippen LogP contribution in [0, 0.1) is 5.92 Å². The number of rotatable bonds is 8. The first-order chi connectivity index (χ1) is 14.8. The first-order valence-corrected chi connectivity index (χ1v) is 12.1. The normalized spacial score (nSPS) is 19.2. The van der Waals surface area contributed by atoms with Crippen molar-refractivity contribution in [1.29, 1.82) is 0 Å². The van der Waals surface area contributed by atoms with Crippen LogP contribution in [0.15, 0.2) is 46.8 Å². The highest BCUT2D eigenvalue weighted by Crippen LogP contribution is 2.23. The lowest BCUT2D eigenvalue weighted by Crippen LogP contribution is -2.41. The number of likely N-dealkylation sites (tertiary alicyclic amines) is 1. The van der Waals surface area contributed by atoms with Crippen LogP contribution in [-0.2, 0) is 24.3 Å². The molecule has 0 spiro atoms. The molecule has 7 heteroatoms. The van der Waals surface area contributed by atoms with Crippen LogP contribution in [0.2, 0.25) is 0 Å².